The number of nitrogens with zero attached hydrogens (tertiary/aromatic N) is 1. The van der Waals surface area contributed by atoms with E-state index in [1.807, 2.05) is 6.92 Å². The van der Waals surface area contributed by atoms with Crippen LogP contribution in [0.25, 0.3) is 0 Å². The highest BCUT2D eigenvalue weighted by Gasteiger charge is 2.06. The van der Waals surface area contributed by atoms with E-state index in [2.05, 4.69) is 21.1 Å². The molecule has 1 heterocycles. The molecule has 0 spiro atoms. The van der Waals surface area contributed by atoms with Crippen LogP contribution in [0.1, 0.15) is 25.1 Å². The van der Waals surface area contributed by atoms with Crippen LogP contribution in [0.2, 0.25) is 0 Å². The van der Waals surface area contributed by atoms with Crippen molar-refractivity contribution in [2.75, 3.05) is 0 Å². The minimum atomic E-state index is -0.358. The standard InChI is InChI=1S/C7H9N3O/c1-3-4-5(2)6-8-7(11)10-9-6/h1,5H,4H2,2H3,(H2,8,9,10,11)/t5-/m1/s1. The summed E-state index contributed by atoms with van der Waals surface area (Å²) in [4.78, 5) is 14.2. The molecule has 0 unspecified atom stereocenters. The second-order valence-corrected chi connectivity index (χ2v) is 2.36. The smallest absolute Gasteiger partial charge is 0.283 e. The molecular formula is C7H9N3O. The highest BCUT2D eigenvalue weighted by Crippen LogP contribution is 2.10. The number of hydrogen-bond acceptors (Lipinski definition) is 2. The molecule has 0 aliphatic carbocycles. The lowest BCUT2D eigenvalue weighted by Crippen LogP contribution is -2.02. The van der Waals surface area contributed by atoms with Crippen molar-refractivity contribution >= 4 is 0 Å². The Balaban J connectivity index is 2.78. The molecule has 4 nitrogen and oxygen atoms in total. The normalized spacial score (nSPS) is 12.4. The van der Waals surface area contributed by atoms with E-state index in [0.29, 0.717) is 12.2 Å². The van der Waals surface area contributed by atoms with Gasteiger partial charge in [0, 0.05) is 12.3 Å². The van der Waals surface area contributed by atoms with Crippen LogP contribution in [0.3, 0.4) is 0 Å². The highest BCUT2D eigenvalue weighted by atomic mass is 16.1. The Kier molecular flexibility index (Phi) is 2.12. The van der Waals surface area contributed by atoms with Crippen LogP contribution in [-0.4, -0.2) is 15.2 Å². The lowest BCUT2D eigenvalue weighted by Gasteiger charge is -1.99. The Bertz CT molecular complexity index is 317. The molecule has 1 rings (SSSR count). The molecule has 2 N–H and O–H groups in total. The van der Waals surface area contributed by atoms with Gasteiger partial charge in [-0.15, -0.1) is 12.3 Å². The van der Waals surface area contributed by atoms with E-state index in [1.165, 1.54) is 0 Å². The van der Waals surface area contributed by atoms with Crippen LogP contribution >= 0.6 is 0 Å². The van der Waals surface area contributed by atoms with Crippen molar-refractivity contribution < 1.29 is 0 Å². The van der Waals surface area contributed by atoms with Crippen molar-refractivity contribution in [2.45, 2.75) is 19.3 Å². The van der Waals surface area contributed by atoms with Gasteiger partial charge in [-0.05, 0) is 0 Å². The fraction of sp³-hybridized carbons (Fsp3) is 0.429. The van der Waals surface area contributed by atoms with Crippen molar-refractivity contribution in [3.05, 3.63) is 16.3 Å². The van der Waals surface area contributed by atoms with Gasteiger partial charge in [-0.1, -0.05) is 6.92 Å². The molecule has 0 aromatic carbocycles. The Hall–Kier alpha value is -1.50. The predicted molar refractivity (Wildman–Crippen MR) is 41.1 cm³/mol. The van der Waals surface area contributed by atoms with E-state index in [9.17, 15) is 4.79 Å². The summed E-state index contributed by atoms with van der Waals surface area (Å²) in [7, 11) is 0. The van der Waals surface area contributed by atoms with E-state index in [0.717, 1.165) is 0 Å². The largest absolute Gasteiger partial charge is 0.361 e. The predicted octanol–water partition coefficient (Wildman–Crippen LogP) is 0.225. The SMILES string of the molecule is C#CC[C@@H](C)c1nc(=O)[nH][nH]1. The van der Waals surface area contributed by atoms with Crippen LogP contribution < -0.4 is 5.69 Å². The highest BCUT2D eigenvalue weighted by molar-refractivity contribution is 4.98. The molecule has 11 heavy (non-hydrogen) atoms. The van der Waals surface area contributed by atoms with E-state index in [1.54, 1.807) is 0 Å². The van der Waals surface area contributed by atoms with Crippen molar-refractivity contribution in [3.8, 4) is 12.3 Å². The summed E-state index contributed by atoms with van der Waals surface area (Å²) in [6, 6.07) is 0. The average Bonchev–Trinajstić information content (AvgIpc) is 2.36. The van der Waals surface area contributed by atoms with Crippen LogP contribution in [-0.2, 0) is 0 Å². The second kappa shape index (κ2) is 3.06. The topological polar surface area (TPSA) is 61.5 Å². The number of aromatic amines is 2. The molecule has 58 valence electrons. The van der Waals surface area contributed by atoms with Crippen molar-refractivity contribution in [3.63, 3.8) is 0 Å². The number of aromatic nitrogens is 3. The van der Waals surface area contributed by atoms with Crippen molar-refractivity contribution in [2.24, 2.45) is 0 Å². The summed E-state index contributed by atoms with van der Waals surface area (Å²) in [6.45, 7) is 1.91. The first kappa shape index (κ1) is 7.61. The van der Waals surface area contributed by atoms with Crippen LogP contribution in [0, 0.1) is 12.3 Å². The summed E-state index contributed by atoms with van der Waals surface area (Å²) in [5, 5.41) is 4.99. The van der Waals surface area contributed by atoms with E-state index in [4.69, 9.17) is 6.42 Å². The fourth-order valence-electron chi connectivity index (χ4n) is 0.790. The molecule has 4 heteroatoms. The molecule has 0 saturated heterocycles. The Morgan fingerprint density at radius 1 is 1.73 bits per heavy atom. The minimum absolute atomic E-state index is 0.110. The first-order chi connectivity index (χ1) is 5.24. The lowest BCUT2D eigenvalue weighted by molar-refractivity contribution is 0.729. The molecule has 0 bridgehead atoms. The fourth-order valence-corrected chi connectivity index (χ4v) is 0.790. The zero-order valence-electron chi connectivity index (χ0n) is 6.22. The van der Waals surface area contributed by atoms with Gasteiger partial charge in [0.25, 0.3) is 0 Å². The van der Waals surface area contributed by atoms with Gasteiger partial charge in [0.15, 0.2) is 0 Å². The molecule has 1 aromatic rings. The van der Waals surface area contributed by atoms with Gasteiger partial charge in [0.2, 0.25) is 0 Å². The van der Waals surface area contributed by atoms with E-state index in [-0.39, 0.29) is 11.6 Å². The van der Waals surface area contributed by atoms with Gasteiger partial charge in [-0.2, -0.15) is 4.98 Å². The van der Waals surface area contributed by atoms with Crippen LogP contribution in [0.15, 0.2) is 4.79 Å². The summed E-state index contributed by atoms with van der Waals surface area (Å²) < 4.78 is 0. The molecule has 1 aromatic heterocycles. The maximum atomic E-state index is 10.5. The zero-order chi connectivity index (χ0) is 8.27. The Labute approximate surface area is 64.0 Å². The number of rotatable bonds is 2. The van der Waals surface area contributed by atoms with E-state index < -0.39 is 0 Å². The second-order valence-electron chi connectivity index (χ2n) is 2.36. The molecule has 1 atom stereocenters. The zero-order valence-corrected chi connectivity index (χ0v) is 6.22. The first-order valence-corrected chi connectivity index (χ1v) is 3.32. The lowest BCUT2D eigenvalue weighted by atomic mass is 10.1. The molecular weight excluding hydrogens is 142 g/mol. The van der Waals surface area contributed by atoms with Gasteiger partial charge in [0.05, 0.1) is 0 Å². The number of hydrogen-bond donors (Lipinski definition) is 2. The third-order valence-corrected chi connectivity index (χ3v) is 1.41. The van der Waals surface area contributed by atoms with Crippen LogP contribution in [0.4, 0.5) is 0 Å². The Morgan fingerprint density at radius 3 is 2.91 bits per heavy atom. The molecule has 0 saturated carbocycles. The summed E-state index contributed by atoms with van der Waals surface area (Å²) in [5.74, 6) is 3.23. The summed E-state index contributed by atoms with van der Waals surface area (Å²) >= 11 is 0. The molecule has 0 aliphatic rings. The van der Waals surface area contributed by atoms with Gasteiger partial charge >= 0.3 is 5.69 Å². The van der Waals surface area contributed by atoms with Crippen LogP contribution in [0.5, 0.6) is 0 Å². The third kappa shape index (κ3) is 1.71. The average molecular weight is 151 g/mol. The van der Waals surface area contributed by atoms with Crippen molar-refractivity contribution in [1.29, 1.82) is 0 Å². The summed E-state index contributed by atoms with van der Waals surface area (Å²) in [5.41, 5.74) is -0.358. The summed E-state index contributed by atoms with van der Waals surface area (Å²) in [6.07, 6.45) is 5.68. The minimum Gasteiger partial charge on any atom is -0.283 e. The quantitative estimate of drug-likeness (QED) is 0.594. The maximum absolute atomic E-state index is 10.5. The molecule has 0 radical (unpaired) electrons. The van der Waals surface area contributed by atoms with Gasteiger partial charge in [-0.3, -0.25) is 5.10 Å². The molecule has 0 amide bonds. The van der Waals surface area contributed by atoms with Gasteiger partial charge < -0.3 is 0 Å². The van der Waals surface area contributed by atoms with Crippen molar-refractivity contribution in [1.82, 2.24) is 15.2 Å². The molecule has 0 aliphatic heterocycles. The van der Waals surface area contributed by atoms with Gasteiger partial charge in [-0.25, -0.2) is 9.89 Å². The monoisotopic (exact) mass is 151 g/mol. The number of nitrogens with one attached hydrogen (secondary N) is 2. The molecule has 0 fully saturated rings. The van der Waals surface area contributed by atoms with E-state index >= 15 is 0 Å². The van der Waals surface area contributed by atoms with Gasteiger partial charge in [0.1, 0.15) is 5.82 Å². The number of terminal acetylenes is 1. The number of H-pyrrole nitrogens is 2. The first-order valence-electron chi connectivity index (χ1n) is 3.32. The maximum Gasteiger partial charge on any atom is 0.361 e. The third-order valence-electron chi connectivity index (χ3n) is 1.41. The Morgan fingerprint density at radius 2 is 2.45 bits per heavy atom.